The summed E-state index contributed by atoms with van der Waals surface area (Å²) in [5, 5.41) is 0. The Morgan fingerprint density at radius 3 is 1.79 bits per heavy atom. The molecule has 0 saturated heterocycles. The van der Waals surface area contributed by atoms with Crippen LogP contribution in [-0.2, 0) is 30.4 Å². The number of carbonyl (C=O) groups is 3. The van der Waals surface area contributed by atoms with Gasteiger partial charge in [-0.15, -0.1) is 0 Å². The second kappa shape index (κ2) is 17.9. The third-order valence-electron chi connectivity index (χ3n) is 1.35. The topological polar surface area (TPSA) is 51.2 Å². The molecule has 0 heterocycles. The standard InChI is InChI=1S/C7H9.3CH2O.Mn/c1-2-7-5-3-4-6-7;3*1-2;/h3,5H,2,4H2,1H3;3*1H2;. The van der Waals surface area contributed by atoms with Gasteiger partial charge in [-0.3, -0.25) is 0 Å². The van der Waals surface area contributed by atoms with Crippen molar-refractivity contribution in [3.63, 3.8) is 0 Å². The predicted molar refractivity (Wildman–Crippen MR) is 52.4 cm³/mol. The molecule has 1 rings (SSSR count). The minimum absolute atomic E-state index is 1.10. The summed E-state index contributed by atoms with van der Waals surface area (Å²) in [4.78, 5) is 24.0. The molecule has 0 atom stereocenters. The molecule has 80 valence electrons. The van der Waals surface area contributed by atoms with Gasteiger partial charge in [-0.25, -0.2) is 0 Å². The fourth-order valence-corrected chi connectivity index (χ4v) is 1.28. The summed E-state index contributed by atoms with van der Waals surface area (Å²) >= 11 is 3.48. The minimum atomic E-state index is 1.10. The molecule has 1 aliphatic rings. The van der Waals surface area contributed by atoms with E-state index in [-0.39, 0.29) is 0 Å². The van der Waals surface area contributed by atoms with E-state index in [1.165, 1.54) is 10.0 Å². The second-order valence-electron chi connectivity index (χ2n) is 1.89. The van der Waals surface area contributed by atoms with Gasteiger partial charge >= 0.3 is 58.0 Å². The number of allylic oxidation sites excluding steroid dienone is 4. The second-order valence-corrected chi connectivity index (χ2v) is 2.60. The Labute approximate surface area is 93.1 Å². The zero-order chi connectivity index (χ0) is 12.0. The van der Waals surface area contributed by atoms with Gasteiger partial charge in [0, 0.05) is 0 Å². The molecule has 0 aromatic heterocycles. The Balaban J connectivity index is -0.000000174. The van der Waals surface area contributed by atoms with Gasteiger partial charge in [-0.2, -0.15) is 0 Å². The van der Waals surface area contributed by atoms with E-state index in [4.69, 9.17) is 14.4 Å². The van der Waals surface area contributed by atoms with E-state index in [9.17, 15) is 0 Å². The summed E-state index contributed by atoms with van der Waals surface area (Å²) in [6, 6.07) is 0. The first-order valence-electron chi connectivity index (χ1n) is 3.75. The van der Waals surface area contributed by atoms with Gasteiger partial charge in [0.25, 0.3) is 0 Å². The van der Waals surface area contributed by atoms with Gasteiger partial charge in [-0.1, -0.05) is 0 Å². The Morgan fingerprint density at radius 2 is 1.64 bits per heavy atom. The van der Waals surface area contributed by atoms with Crippen molar-refractivity contribution in [2.45, 2.75) is 19.8 Å². The molecule has 0 spiro atoms. The molecule has 0 fully saturated rings. The van der Waals surface area contributed by atoms with Gasteiger partial charge in [-0.05, 0) is 0 Å². The average molecular weight is 238 g/mol. The molecule has 0 radical (unpaired) electrons. The van der Waals surface area contributed by atoms with E-state index in [1.807, 2.05) is 20.4 Å². The molecule has 1 aliphatic carbocycles. The summed E-state index contributed by atoms with van der Waals surface area (Å²) in [5.74, 6) is 0. The Hall–Kier alpha value is -0.991. The third-order valence-corrected chi connectivity index (χ3v) is 1.97. The van der Waals surface area contributed by atoms with E-state index in [2.05, 4.69) is 35.1 Å². The molecule has 0 aromatic rings. The van der Waals surface area contributed by atoms with Crippen molar-refractivity contribution >= 4 is 20.4 Å². The van der Waals surface area contributed by atoms with Crippen LogP contribution in [0.15, 0.2) is 22.2 Å². The fraction of sp³-hybridized carbons (Fsp3) is 0.300. The first-order valence-corrected chi connectivity index (χ1v) is 4.34. The van der Waals surface area contributed by atoms with Crippen molar-refractivity contribution in [3.05, 3.63) is 22.2 Å². The van der Waals surface area contributed by atoms with Crippen molar-refractivity contribution < 1.29 is 30.4 Å². The number of hydrogen-bond acceptors (Lipinski definition) is 3. The van der Waals surface area contributed by atoms with Gasteiger partial charge in [0.2, 0.25) is 0 Å². The average Bonchev–Trinajstić information content (AvgIpc) is 2.72. The SMILES string of the molecule is C=O.C=O.C=O.CCC1=[C]([Mn])CC=C1. The van der Waals surface area contributed by atoms with Crippen LogP contribution in [0, 0.1) is 0 Å². The van der Waals surface area contributed by atoms with Gasteiger partial charge in [0.05, 0.1) is 0 Å². The summed E-state index contributed by atoms with van der Waals surface area (Å²) in [6.07, 6.45) is 6.62. The van der Waals surface area contributed by atoms with E-state index >= 15 is 0 Å². The van der Waals surface area contributed by atoms with Crippen LogP contribution in [0.4, 0.5) is 0 Å². The Morgan fingerprint density at radius 1 is 1.21 bits per heavy atom. The van der Waals surface area contributed by atoms with Crippen LogP contribution < -0.4 is 0 Å². The maximum absolute atomic E-state index is 8.00. The summed E-state index contributed by atoms with van der Waals surface area (Å²) in [6.45, 7) is 8.17. The first kappa shape index (κ1) is 18.7. The van der Waals surface area contributed by atoms with Crippen LogP contribution >= 0.6 is 0 Å². The fourth-order valence-electron chi connectivity index (χ4n) is 0.836. The molecule has 4 heteroatoms. The Kier molecular flexibility index (Phi) is 24.0. The number of hydrogen-bond donors (Lipinski definition) is 0. The van der Waals surface area contributed by atoms with E-state index in [0.29, 0.717) is 0 Å². The molecular weight excluding hydrogens is 223 g/mol. The predicted octanol–water partition coefficient (Wildman–Crippen LogP) is 1.60. The number of carbonyl (C=O) groups excluding carboxylic acids is 3. The maximum atomic E-state index is 8.00. The van der Waals surface area contributed by atoms with Crippen LogP contribution in [0.5, 0.6) is 0 Å². The van der Waals surface area contributed by atoms with Crippen molar-refractivity contribution in [3.8, 4) is 0 Å². The summed E-state index contributed by atoms with van der Waals surface area (Å²) in [7, 11) is 0. The molecule has 3 nitrogen and oxygen atoms in total. The van der Waals surface area contributed by atoms with Crippen LogP contribution in [-0.4, -0.2) is 20.4 Å². The van der Waals surface area contributed by atoms with Crippen molar-refractivity contribution in [1.82, 2.24) is 0 Å². The van der Waals surface area contributed by atoms with E-state index in [0.717, 1.165) is 12.8 Å². The van der Waals surface area contributed by atoms with Crippen LogP contribution in [0.2, 0.25) is 0 Å². The van der Waals surface area contributed by atoms with Crippen LogP contribution in [0.3, 0.4) is 0 Å². The molecule has 0 N–H and O–H groups in total. The summed E-state index contributed by atoms with van der Waals surface area (Å²) in [5.41, 5.74) is 1.45. The monoisotopic (exact) mass is 238 g/mol. The van der Waals surface area contributed by atoms with Gasteiger partial charge in [0.15, 0.2) is 0 Å². The molecule has 0 aliphatic heterocycles. The van der Waals surface area contributed by atoms with Gasteiger partial charge in [0.1, 0.15) is 20.4 Å². The van der Waals surface area contributed by atoms with E-state index in [1.54, 1.807) is 0 Å². The molecule has 14 heavy (non-hydrogen) atoms. The van der Waals surface area contributed by atoms with Gasteiger partial charge < -0.3 is 14.4 Å². The van der Waals surface area contributed by atoms with Crippen LogP contribution in [0.25, 0.3) is 0 Å². The van der Waals surface area contributed by atoms with Crippen molar-refractivity contribution in [2.75, 3.05) is 0 Å². The summed E-state index contributed by atoms with van der Waals surface area (Å²) < 4.78 is 1.36. The first-order chi connectivity index (χ1) is 6.84. The molecule has 0 unspecified atom stereocenters. The van der Waals surface area contributed by atoms with Crippen LogP contribution in [0.1, 0.15) is 19.8 Å². The molecule has 0 aromatic carbocycles. The van der Waals surface area contributed by atoms with Crippen molar-refractivity contribution in [1.29, 1.82) is 0 Å². The zero-order valence-electron chi connectivity index (χ0n) is 8.29. The number of rotatable bonds is 1. The van der Waals surface area contributed by atoms with Crippen molar-refractivity contribution in [2.24, 2.45) is 0 Å². The normalized spacial score (nSPS) is 11.3. The quantitative estimate of drug-likeness (QED) is 0.652. The molecule has 0 saturated carbocycles. The third kappa shape index (κ3) is 9.10. The molecule has 0 bridgehead atoms. The van der Waals surface area contributed by atoms with E-state index < -0.39 is 0 Å². The molecular formula is C10H15MnO3. The Bertz CT molecular complexity index is 183. The zero-order valence-corrected chi connectivity index (χ0v) is 9.47. The molecule has 0 amide bonds.